The van der Waals surface area contributed by atoms with E-state index < -0.39 is 5.60 Å². The molecular formula is C9H13NO2. The van der Waals surface area contributed by atoms with Gasteiger partial charge >= 0.3 is 0 Å². The van der Waals surface area contributed by atoms with E-state index >= 15 is 0 Å². The van der Waals surface area contributed by atoms with Gasteiger partial charge in [-0.1, -0.05) is 0 Å². The molecule has 3 nitrogen and oxygen atoms in total. The number of aryl methyl sites for hydroxylation is 2. The van der Waals surface area contributed by atoms with Gasteiger partial charge in [0.15, 0.2) is 0 Å². The highest BCUT2D eigenvalue weighted by molar-refractivity contribution is 5.33. The van der Waals surface area contributed by atoms with E-state index in [-0.39, 0.29) is 6.54 Å². The number of rotatable bonds is 1. The Kier molecular flexibility index (Phi) is 1.53. The maximum atomic E-state index is 9.98. The second-order valence-corrected chi connectivity index (χ2v) is 3.43. The van der Waals surface area contributed by atoms with Crippen LogP contribution in [0.25, 0.3) is 0 Å². The van der Waals surface area contributed by atoms with Gasteiger partial charge in [-0.15, -0.1) is 0 Å². The lowest BCUT2D eigenvalue weighted by molar-refractivity contribution is 0.0481. The Hall–Kier alpha value is -0.800. The van der Waals surface area contributed by atoms with Gasteiger partial charge < -0.3 is 15.3 Å². The molecular weight excluding hydrogens is 154 g/mol. The predicted molar refractivity (Wildman–Crippen MR) is 44.7 cm³/mol. The molecule has 2 rings (SSSR count). The fourth-order valence-electron chi connectivity index (χ4n) is 1.81. The molecule has 12 heavy (non-hydrogen) atoms. The molecule has 0 spiro atoms. The van der Waals surface area contributed by atoms with Crippen LogP contribution in [0.4, 0.5) is 0 Å². The molecule has 1 aromatic rings. The Bertz CT molecular complexity index is 305. The minimum atomic E-state index is -0.826. The SMILES string of the molecule is Cc1cc2c(o1)CCC2(O)CN. The van der Waals surface area contributed by atoms with Gasteiger partial charge in [0.1, 0.15) is 17.1 Å². The minimum absolute atomic E-state index is 0.277. The highest BCUT2D eigenvalue weighted by atomic mass is 16.3. The predicted octanol–water partition coefficient (Wildman–Crippen LogP) is 0.681. The van der Waals surface area contributed by atoms with Gasteiger partial charge in [0.05, 0.1) is 0 Å². The van der Waals surface area contributed by atoms with E-state index in [9.17, 15) is 5.11 Å². The third kappa shape index (κ3) is 0.901. The van der Waals surface area contributed by atoms with Gasteiger partial charge in [-0.25, -0.2) is 0 Å². The van der Waals surface area contributed by atoms with Crippen LogP contribution in [0.2, 0.25) is 0 Å². The fourth-order valence-corrected chi connectivity index (χ4v) is 1.81. The molecule has 0 radical (unpaired) electrons. The zero-order valence-corrected chi connectivity index (χ0v) is 7.13. The van der Waals surface area contributed by atoms with Crippen LogP contribution in [-0.2, 0) is 12.0 Å². The van der Waals surface area contributed by atoms with E-state index in [2.05, 4.69) is 0 Å². The van der Waals surface area contributed by atoms with Crippen molar-refractivity contribution < 1.29 is 9.52 Å². The lowest BCUT2D eigenvalue weighted by Gasteiger charge is -2.19. The van der Waals surface area contributed by atoms with Crippen molar-refractivity contribution in [3.05, 3.63) is 23.2 Å². The molecule has 0 fully saturated rings. The van der Waals surface area contributed by atoms with Gasteiger partial charge in [0.25, 0.3) is 0 Å². The van der Waals surface area contributed by atoms with Crippen LogP contribution in [0.3, 0.4) is 0 Å². The summed E-state index contributed by atoms with van der Waals surface area (Å²) in [5.74, 6) is 1.76. The maximum Gasteiger partial charge on any atom is 0.110 e. The molecule has 1 heterocycles. The van der Waals surface area contributed by atoms with Crippen molar-refractivity contribution in [1.29, 1.82) is 0 Å². The van der Waals surface area contributed by atoms with Crippen molar-refractivity contribution in [2.75, 3.05) is 6.54 Å². The van der Waals surface area contributed by atoms with Crippen molar-refractivity contribution in [2.45, 2.75) is 25.4 Å². The number of nitrogens with two attached hydrogens (primary N) is 1. The fraction of sp³-hybridized carbons (Fsp3) is 0.556. The summed E-state index contributed by atoms with van der Waals surface area (Å²) in [4.78, 5) is 0. The summed E-state index contributed by atoms with van der Waals surface area (Å²) in [7, 11) is 0. The Morgan fingerprint density at radius 3 is 3.17 bits per heavy atom. The summed E-state index contributed by atoms with van der Waals surface area (Å²) in [6, 6.07) is 1.88. The van der Waals surface area contributed by atoms with E-state index in [0.717, 1.165) is 23.5 Å². The zero-order valence-electron chi connectivity index (χ0n) is 7.13. The summed E-state index contributed by atoms with van der Waals surface area (Å²) >= 11 is 0. The first-order chi connectivity index (χ1) is 5.65. The van der Waals surface area contributed by atoms with Gasteiger partial charge in [0, 0.05) is 18.5 Å². The number of hydrogen-bond acceptors (Lipinski definition) is 3. The van der Waals surface area contributed by atoms with E-state index in [4.69, 9.17) is 10.2 Å². The molecule has 1 unspecified atom stereocenters. The third-order valence-electron chi connectivity index (χ3n) is 2.54. The van der Waals surface area contributed by atoms with Crippen molar-refractivity contribution in [1.82, 2.24) is 0 Å². The number of fused-ring (bicyclic) bond motifs is 1. The zero-order chi connectivity index (χ0) is 8.77. The highest BCUT2D eigenvalue weighted by Crippen LogP contribution is 2.37. The molecule has 0 aromatic carbocycles. The summed E-state index contributed by atoms with van der Waals surface area (Å²) in [5.41, 5.74) is 5.57. The van der Waals surface area contributed by atoms with E-state index in [1.54, 1.807) is 0 Å². The van der Waals surface area contributed by atoms with Gasteiger partial charge in [0.2, 0.25) is 0 Å². The van der Waals surface area contributed by atoms with Crippen LogP contribution in [0, 0.1) is 6.92 Å². The molecule has 1 aliphatic rings. The van der Waals surface area contributed by atoms with Crippen LogP contribution in [0.5, 0.6) is 0 Å². The monoisotopic (exact) mass is 167 g/mol. The standard InChI is InChI=1S/C9H13NO2/c1-6-4-7-8(12-6)2-3-9(7,11)5-10/h4,11H,2-3,5,10H2,1H3. The largest absolute Gasteiger partial charge is 0.466 e. The molecule has 3 N–H and O–H groups in total. The molecule has 0 saturated heterocycles. The summed E-state index contributed by atoms with van der Waals surface area (Å²) in [6.45, 7) is 2.16. The number of furan rings is 1. The smallest absolute Gasteiger partial charge is 0.110 e. The Morgan fingerprint density at radius 1 is 1.75 bits per heavy atom. The van der Waals surface area contributed by atoms with Crippen LogP contribution in [0.15, 0.2) is 10.5 Å². The first-order valence-corrected chi connectivity index (χ1v) is 4.18. The molecule has 0 amide bonds. The molecule has 3 heteroatoms. The quantitative estimate of drug-likeness (QED) is 0.646. The molecule has 1 aliphatic carbocycles. The van der Waals surface area contributed by atoms with Crippen LogP contribution < -0.4 is 5.73 Å². The van der Waals surface area contributed by atoms with Crippen molar-refractivity contribution >= 4 is 0 Å². The van der Waals surface area contributed by atoms with E-state index in [0.29, 0.717) is 6.42 Å². The molecule has 0 aliphatic heterocycles. The Labute approximate surface area is 71.2 Å². The summed E-state index contributed by atoms with van der Waals surface area (Å²) in [6.07, 6.45) is 1.49. The van der Waals surface area contributed by atoms with Crippen molar-refractivity contribution in [2.24, 2.45) is 5.73 Å². The maximum absolute atomic E-state index is 9.98. The van der Waals surface area contributed by atoms with Gasteiger partial charge in [-0.2, -0.15) is 0 Å². The molecule has 0 saturated carbocycles. The van der Waals surface area contributed by atoms with E-state index in [1.165, 1.54) is 0 Å². The summed E-state index contributed by atoms with van der Waals surface area (Å²) in [5, 5.41) is 9.98. The Morgan fingerprint density at radius 2 is 2.50 bits per heavy atom. The molecule has 66 valence electrons. The lowest BCUT2D eigenvalue weighted by Crippen LogP contribution is -2.31. The number of hydrogen-bond donors (Lipinski definition) is 2. The van der Waals surface area contributed by atoms with E-state index in [1.807, 2.05) is 13.0 Å². The second-order valence-electron chi connectivity index (χ2n) is 3.43. The van der Waals surface area contributed by atoms with Gasteiger partial charge in [-0.3, -0.25) is 0 Å². The van der Waals surface area contributed by atoms with Gasteiger partial charge in [-0.05, 0) is 19.4 Å². The van der Waals surface area contributed by atoms with Crippen molar-refractivity contribution in [3.63, 3.8) is 0 Å². The topological polar surface area (TPSA) is 59.4 Å². The van der Waals surface area contributed by atoms with Crippen molar-refractivity contribution in [3.8, 4) is 0 Å². The van der Waals surface area contributed by atoms with Crippen LogP contribution >= 0.6 is 0 Å². The molecule has 1 atom stereocenters. The van der Waals surface area contributed by atoms with Crippen LogP contribution in [0.1, 0.15) is 23.5 Å². The second kappa shape index (κ2) is 2.34. The highest BCUT2D eigenvalue weighted by Gasteiger charge is 2.38. The Balaban J connectivity index is 2.47. The van der Waals surface area contributed by atoms with Crippen LogP contribution in [-0.4, -0.2) is 11.7 Å². The average Bonchev–Trinajstić information content (AvgIpc) is 2.53. The first kappa shape index (κ1) is 7.83. The minimum Gasteiger partial charge on any atom is -0.466 e. The first-order valence-electron chi connectivity index (χ1n) is 4.18. The normalized spacial score (nSPS) is 27.6. The molecule has 1 aromatic heterocycles. The lowest BCUT2D eigenvalue weighted by atomic mass is 9.98. The summed E-state index contributed by atoms with van der Waals surface area (Å²) < 4.78 is 5.41. The average molecular weight is 167 g/mol. The third-order valence-corrected chi connectivity index (χ3v) is 2.54. The number of aliphatic hydroxyl groups is 1. The molecule has 0 bridgehead atoms.